The van der Waals surface area contributed by atoms with Crippen LogP contribution >= 0.6 is 11.6 Å². The van der Waals surface area contributed by atoms with Crippen LogP contribution in [0.15, 0.2) is 58.6 Å². The number of pyridine rings is 1. The molecule has 2 aromatic heterocycles. The highest BCUT2D eigenvalue weighted by molar-refractivity contribution is 7.92. The Bertz CT molecular complexity index is 1760. The number of nitrogens with zero attached hydrogens (tertiary/aromatic N) is 3. The minimum absolute atomic E-state index is 0.0231. The number of carbonyl (C=O) groups excluding carboxylic acids is 1. The zero-order valence-electron chi connectivity index (χ0n) is 20.8. The van der Waals surface area contributed by atoms with Crippen molar-refractivity contribution in [2.24, 2.45) is 5.92 Å². The van der Waals surface area contributed by atoms with Gasteiger partial charge in [-0.3, -0.25) is 18.9 Å². The highest BCUT2D eigenvalue weighted by Gasteiger charge is 2.22. The van der Waals surface area contributed by atoms with Crippen LogP contribution in [0.25, 0.3) is 22.0 Å². The molecule has 0 aliphatic heterocycles. The summed E-state index contributed by atoms with van der Waals surface area (Å²) in [5, 5.41) is 2.12. The van der Waals surface area contributed by atoms with E-state index in [0.29, 0.717) is 0 Å². The Kier molecular flexibility index (Phi) is 7.84. The minimum Gasteiger partial charge on any atom is -0.480 e. The average Bonchev–Trinajstić information content (AvgIpc) is 2.89. The number of methoxy groups -OCH3 is 1. The smallest absolute Gasteiger partial charge is 0.263 e. The summed E-state index contributed by atoms with van der Waals surface area (Å²) < 4.78 is 63.1. The van der Waals surface area contributed by atoms with Crippen molar-refractivity contribution in [1.29, 1.82) is 0 Å². The molecule has 2 heterocycles. The number of fused-ring (bicyclic) bond motifs is 1. The number of hydrogen-bond donors (Lipinski definition) is 2. The molecule has 204 valence electrons. The van der Waals surface area contributed by atoms with Crippen molar-refractivity contribution in [3.05, 3.63) is 75.9 Å². The number of anilines is 1. The van der Waals surface area contributed by atoms with E-state index in [9.17, 15) is 22.4 Å². The van der Waals surface area contributed by atoms with E-state index in [4.69, 9.17) is 16.3 Å². The molecular weight excluding hydrogens is 556 g/mol. The summed E-state index contributed by atoms with van der Waals surface area (Å²) in [5.74, 6) is -2.43. The van der Waals surface area contributed by atoms with Crippen LogP contribution < -0.4 is 20.3 Å². The summed E-state index contributed by atoms with van der Waals surface area (Å²) in [6, 6.07) is 6.67. The van der Waals surface area contributed by atoms with Crippen LogP contribution in [-0.4, -0.2) is 43.0 Å². The molecule has 39 heavy (non-hydrogen) atoms. The Morgan fingerprint density at radius 3 is 2.56 bits per heavy atom. The molecule has 0 unspecified atom stereocenters. The molecule has 0 saturated carbocycles. The number of carbonyl (C=O) groups is 1. The number of sulfonamides is 1. The predicted molar refractivity (Wildman–Crippen MR) is 141 cm³/mol. The number of aromatic nitrogens is 3. The molecule has 0 fully saturated rings. The van der Waals surface area contributed by atoms with Crippen LogP contribution in [0, 0.1) is 17.6 Å². The summed E-state index contributed by atoms with van der Waals surface area (Å²) in [6.07, 6.45) is 2.49. The van der Waals surface area contributed by atoms with Crippen molar-refractivity contribution in [2.45, 2.75) is 18.4 Å². The van der Waals surface area contributed by atoms with Gasteiger partial charge in [0.2, 0.25) is 11.8 Å². The summed E-state index contributed by atoms with van der Waals surface area (Å²) in [7, 11) is -1.56. The van der Waals surface area contributed by atoms with Gasteiger partial charge in [0.15, 0.2) is 0 Å². The zero-order valence-corrected chi connectivity index (χ0v) is 22.4. The minimum atomic E-state index is -4.31. The molecule has 0 aliphatic rings. The Labute approximate surface area is 226 Å². The van der Waals surface area contributed by atoms with E-state index in [-0.39, 0.29) is 56.0 Å². The second kappa shape index (κ2) is 10.9. The normalized spacial score (nSPS) is 12.3. The van der Waals surface area contributed by atoms with Crippen molar-refractivity contribution in [3.63, 3.8) is 0 Å². The van der Waals surface area contributed by atoms with Gasteiger partial charge in [0.25, 0.3) is 15.6 Å². The molecule has 14 heteroatoms. The van der Waals surface area contributed by atoms with E-state index in [2.05, 4.69) is 20.0 Å². The van der Waals surface area contributed by atoms with E-state index in [0.717, 1.165) is 24.3 Å². The van der Waals surface area contributed by atoms with Gasteiger partial charge in [-0.05, 0) is 42.0 Å². The first-order chi connectivity index (χ1) is 18.4. The van der Waals surface area contributed by atoms with Crippen LogP contribution in [-0.2, 0) is 21.4 Å². The van der Waals surface area contributed by atoms with Gasteiger partial charge in [0.05, 0.1) is 29.8 Å². The van der Waals surface area contributed by atoms with Gasteiger partial charge in [-0.15, -0.1) is 0 Å². The molecule has 1 amide bonds. The largest absolute Gasteiger partial charge is 0.480 e. The first kappa shape index (κ1) is 27.9. The summed E-state index contributed by atoms with van der Waals surface area (Å²) in [5.41, 5.74) is -0.399. The van der Waals surface area contributed by atoms with E-state index in [1.165, 1.54) is 43.4 Å². The Morgan fingerprint density at radius 1 is 1.15 bits per heavy atom. The summed E-state index contributed by atoms with van der Waals surface area (Å²) >= 11 is 5.93. The van der Waals surface area contributed by atoms with Gasteiger partial charge < -0.3 is 10.1 Å². The Balaban J connectivity index is 1.78. The number of rotatable bonds is 8. The van der Waals surface area contributed by atoms with Crippen LogP contribution in [0.1, 0.15) is 6.92 Å². The summed E-state index contributed by atoms with van der Waals surface area (Å²) in [4.78, 5) is 32.8. The quantitative estimate of drug-likeness (QED) is 0.327. The Hall–Kier alpha value is -4.10. The number of hydrogen-bond acceptors (Lipinski definition) is 7. The first-order valence-corrected chi connectivity index (χ1v) is 13.2. The third-order valence-electron chi connectivity index (χ3n) is 5.85. The monoisotopic (exact) mass is 577 g/mol. The fourth-order valence-corrected chi connectivity index (χ4v) is 5.47. The molecule has 0 radical (unpaired) electrons. The van der Waals surface area contributed by atoms with Gasteiger partial charge in [-0.2, -0.15) is 0 Å². The van der Waals surface area contributed by atoms with Crippen LogP contribution in [0.4, 0.5) is 14.5 Å². The van der Waals surface area contributed by atoms with Gasteiger partial charge in [0, 0.05) is 25.4 Å². The lowest BCUT2D eigenvalue weighted by atomic mass is 10.0. The van der Waals surface area contributed by atoms with Crippen molar-refractivity contribution in [2.75, 3.05) is 18.9 Å². The topological polar surface area (TPSA) is 132 Å². The fraction of sp³-hybridized carbons (Fsp3) is 0.200. The van der Waals surface area contributed by atoms with Crippen molar-refractivity contribution < 1.29 is 26.7 Å². The second-order valence-electron chi connectivity index (χ2n) is 8.53. The predicted octanol–water partition coefficient (Wildman–Crippen LogP) is 3.58. The average molecular weight is 578 g/mol. The van der Waals surface area contributed by atoms with Crippen molar-refractivity contribution in [1.82, 2.24) is 19.9 Å². The van der Waals surface area contributed by atoms with Crippen LogP contribution in [0.3, 0.4) is 0 Å². The molecule has 10 nitrogen and oxygen atoms in total. The molecule has 0 aliphatic carbocycles. The maximum absolute atomic E-state index is 15.0. The number of halogens is 3. The molecule has 1 atom stereocenters. The third-order valence-corrected chi connectivity index (χ3v) is 7.70. The maximum atomic E-state index is 15.0. The number of nitrogens with one attached hydrogen (secondary N) is 2. The summed E-state index contributed by atoms with van der Waals surface area (Å²) in [6.45, 7) is 1.66. The SMILES string of the molecule is CNC(=O)[C@@H](C)Cn1cnc2c(F)cc(-c3cnc(OC)c(NS(=O)(=O)c4ccc(F)cc4Cl)c3)cc2c1=O. The zero-order chi connectivity index (χ0) is 28.5. The molecular formula is C25H22ClF2N5O5S. The Morgan fingerprint density at radius 2 is 1.90 bits per heavy atom. The molecule has 2 N–H and O–H groups in total. The van der Waals surface area contributed by atoms with Gasteiger partial charge >= 0.3 is 0 Å². The number of benzene rings is 2. The second-order valence-corrected chi connectivity index (χ2v) is 10.6. The van der Waals surface area contributed by atoms with Crippen LogP contribution in [0.5, 0.6) is 5.88 Å². The first-order valence-electron chi connectivity index (χ1n) is 11.4. The molecule has 2 aromatic carbocycles. The molecule has 0 spiro atoms. The molecule has 4 rings (SSSR count). The van der Waals surface area contributed by atoms with Crippen LogP contribution in [0.2, 0.25) is 5.02 Å². The van der Waals surface area contributed by atoms with Gasteiger partial charge in [-0.1, -0.05) is 18.5 Å². The standard InChI is InChI=1S/C25H22ClF2N5O5S/c1-13(23(34)29-2)11-33-12-31-22-17(25(33)35)6-14(7-19(22)28)15-8-20(24(38-3)30-10-15)32-39(36,37)21-5-4-16(27)9-18(21)26/h4-10,12-13,32H,11H2,1-3H3,(H,29,34)/t13-/m0/s1. The number of ether oxygens (including phenoxy) is 1. The third kappa shape index (κ3) is 5.68. The molecule has 0 bridgehead atoms. The molecule has 4 aromatic rings. The highest BCUT2D eigenvalue weighted by Crippen LogP contribution is 2.33. The lowest BCUT2D eigenvalue weighted by molar-refractivity contribution is -0.124. The lowest BCUT2D eigenvalue weighted by Crippen LogP contribution is -2.32. The van der Waals surface area contributed by atoms with Crippen molar-refractivity contribution in [3.8, 4) is 17.0 Å². The van der Waals surface area contributed by atoms with E-state index < -0.39 is 33.1 Å². The van der Waals surface area contributed by atoms with Gasteiger partial charge in [0.1, 0.15) is 27.7 Å². The van der Waals surface area contributed by atoms with E-state index in [1.807, 2.05) is 0 Å². The highest BCUT2D eigenvalue weighted by atomic mass is 35.5. The number of amides is 1. The fourth-order valence-electron chi connectivity index (χ4n) is 3.89. The maximum Gasteiger partial charge on any atom is 0.263 e. The van der Waals surface area contributed by atoms with E-state index in [1.54, 1.807) is 6.92 Å². The van der Waals surface area contributed by atoms with Crippen molar-refractivity contribution >= 4 is 44.1 Å². The lowest BCUT2D eigenvalue weighted by Gasteiger charge is -2.14. The molecule has 0 saturated heterocycles. The van der Waals surface area contributed by atoms with Gasteiger partial charge in [-0.25, -0.2) is 27.2 Å². The van der Waals surface area contributed by atoms with E-state index >= 15 is 4.39 Å².